The van der Waals surface area contributed by atoms with E-state index < -0.39 is 0 Å². The van der Waals surface area contributed by atoms with Gasteiger partial charge >= 0.3 is 0 Å². The SMILES string of the molecule is Cc1ccc(-c2csc(-c3nccn3C)n2)cc1C. The van der Waals surface area contributed by atoms with Crippen molar-refractivity contribution in [1.29, 1.82) is 0 Å². The number of nitrogens with zero attached hydrogens (tertiary/aromatic N) is 3. The summed E-state index contributed by atoms with van der Waals surface area (Å²) in [5, 5.41) is 3.05. The molecule has 0 fully saturated rings. The van der Waals surface area contributed by atoms with Crippen LogP contribution in [-0.2, 0) is 7.05 Å². The Hall–Kier alpha value is -1.94. The van der Waals surface area contributed by atoms with Crippen molar-refractivity contribution in [2.45, 2.75) is 13.8 Å². The summed E-state index contributed by atoms with van der Waals surface area (Å²) in [6.07, 6.45) is 3.73. The predicted molar refractivity (Wildman–Crippen MR) is 79.2 cm³/mol. The number of aryl methyl sites for hydroxylation is 3. The lowest BCUT2D eigenvalue weighted by Gasteiger charge is -2.02. The lowest BCUT2D eigenvalue weighted by atomic mass is 10.1. The molecule has 0 N–H and O–H groups in total. The maximum atomic E-state index is 4.69. The standard InChI is InChI=1S/C15H15N3S/c1-10-4-5-12(8-11(10)2)13-9-19-15(17-13)14-16-6-7-18(14)3/h4-9H,1-3H3. The van der Waals surface area contributed by atoms with E-state index >= 15 is 0 Å². The van der Waals surface area contributed by atoms with Gasteiger partial charge in [0, 0.05) is 30.4 Å². The van der Waals surface area contributed by atoms with Crippen LogP contribution >= 0.6 is 11.3 Å². The molecule has 0 saturated heterocycles. The van der Waals surface area contributed by atoms with Gasteiger partial charge < -0.3 is 4.57 Å². The molecule has 96 valence electrons. The third kappa shape index (κ3) is 2.19. The summed E-state index contributed by atoms with van der Waals surface area (Å²) >= 11 is 1.63. The lowest BCUT2D eigenvalue weighted by Crippen LogP contribution is -1.90. The Morgan fingerprint density at radius 2 is 2.00 bits per heavy atom. The van der Waals surface area contributed by atoms with Crippen molar-refractivity contribution in [3.8, 4) is 22.1 Å². The van der Waals surface area contributed by atoms with E-state index in [0.717, 1.165) is 16.5 Å². The van der Waals surface area contributed by atoms with Gasteiger partial charge in [-0.1, -0.05) is 12.1 Å². The van der Waals surface area contributed by atoms with Crippen LogP contribution in [0.15, 0.2) is 36.0 Å². The van der Waals surface area contributed by atoms with Crippen LogP contribution in [0, 0.1) is 13.8 Å². The zero-order chi connectivity index (χ0) is 13.4. The Kier molecular flexibility index (Phi) is 2.95. The van der Waals surface area contributed by atoms with Gasteiger partial charge in [0.1, 0.15) is 0 Å². The molecule has 0 saturated carbocycles. The van der Waals surface area contributed by atoms with Gasteiger partial charge in [-0.15, -0.1) is 11.3 Å². The molecule has 3 nitrogen and oxygen atoms in total. The van der Waals surface area contributed by atoms with Crippen LogP contribution < -0.4 is 0 Å². The van der Waals surface area contributed by atoms with Gasteiger partial charge in [0.05, 0.1) is 5.69 Å². The topological polar surface area (TPSA) is 30.7 Å². The smallest absolute Gasteiger partial charge is 0.168 e. The summed E-state index contributed by atoms with van der Waals surface area (Å²) in [4.78, 5) is 9.03. The number of benzene rings is 1. The molecule has 1 aromatic carbocycles. The molecular formula is C15H15N3S. The van der Waals surface area contributed by atoms with Gasteiger partial charge in [0.2, 0.25) is 0 Å². The zero-order valence-electron chi connectivity index (χ0n) is 11.2. The molecule has 0 spiro atoms. The van der Waals surface area contributed by atoms with Crippen LogP contribution in [0.5, 0.6) is 0 Å². The van der Waals surface area contributed by atoms with Gasteiger partial charge in [0.25, 0.3) is 0 Å². The Labute approximate surface area is 116 Å². The minimum atomic E-state index is 0.917. The van der Waals surface area contributed by atoms with Crippen molar-refractivity contribution < 1.29 is 0 Å². The molecular weight excluding hydrogens is 254 g/mol. The van der Waals surface area contributed by atoms with Crippen LogP contribution in [0.25, 0.3) is 22.1 Å². The molecule has 4 heteroatoms. The Morgan fingerprint density at radius 3 is 2.68 bits per heavy atom. The minimum absolute atomic E-state index is 0.917. The van der Waals surface area contributed by atoms with Gasteiger partial charge in [0.15, 0.2) is 10.8 Å². The summed E-state index contributed by atoms with van der Waals surface area (Å²) < 4.78 is 1.99. The van der Waals surface area contributed by atoms with Crippen molar-refractivity contribution in [3.63, 3.8) is 0 Å². The van der Waals surface area contributed by atoms with Crippen molar-refractivity contribution in [3.05, 3.63) is 47.1 Å². The molecule has 3 aromatic rings. The van der Waals surface area contributed by atoms with Crippen molar-refractivity contribution in [1.82, 2.24) is 14.5 Å². The summed E-state index contributed by atoms with van der Waals surface area (Å²) in [6, 6.07) is 6.45. The predicted octanol–water partition coefficient (Wildman–Crippen LogP) is 3.83. The molecule has 0 amide bonds. The highest BCUT2D eigenvalue weighted by Crippen LogP contribution is 2.28. The monoisotopic (exact) mass is 269 g/mol. The van der Waals surface area contributed by atoms with Gasteiger partial charge in [-0.3, -0.25) is 0 Å². The fourth-order valence-corrected chi connectivity index (χ4v) is 2.85. The molecule has 0 aliphatic rings. The fraction of sp³-hybridized carbons (Fsp3) is 0.200. The molecule has 0 aliphatic carbocycles. The van der Waals surface area contributed by atoms with Crippen molar-refractivity contribution in [2.24, 2.45) is 7.05 Å². The van der Waals surface area contributed by atoms with E-state index in [-0.39, 0.29) is 0 Å². The third-order valence-corrected chi connectivity index (χ3v) is 4.16. The summed E-state index contributed by atoms with van der Waals surface area (Å²) in [5.74, 6) is 0.917. The highest BCUT2D eigenvalue weighted by molar-refractivity contribution is 7.13. The third-order valence-electron chi connectivity index (χ3n) is 3.32. The van der Waals surface area contributed by atoms with Gasteiger partial charge in [-0.25, -0.2) is 9.97 Å². The van der Waals surface area contributed by atoms with Crippen LogP contribution in [0.4, 0.5) is 0 Å². The van der Waals surface area contributed by atoms with E-state index in [0.29, 0.717) is 0 Å². The molecule has 3 rings (SSSR count). The highest BCUT2D eigenvalue weighted by Gasteiger charge is 2.10. The first-order valence-electron chi connectivity index (χ1n) is 6.16. The molecule has 0 bridgehead atoms. The average molecular weight is 269 g/mol. The van der Waals surface area contributed by atoms with Gasteiger partial charge in [-0.2, -0.15) is 0 Å². The Balaban J connectivity index is 2.01. The van der Waals surface area contributed by atoms with E-state index in [4.69, 9.17) is 0 Å². The first kappa shape index (κ1) is 12.1. The summed E-state index contributed by atoms with van der Waals surface area (Å²) in [5.41, 5.74) is 4.79. The second kappa shape index (κ2) is 4.63. The second-order valence-electron chi connectivity index (χ2n) is 4.70. The summed E-state index contributed by atoms with van der Waals surface area (Å²) in [6.45, 7) is 4.25. The molecule has 19 heavy (non-hydrogen) atoms. The molecule has 2 aromatic heterocycles. The molecule has 0 aliphatic heterocycles. The number of rotatable bonds is 2. The van der Waals surface area contributed by atoms with Crippen LogP contribution in [0.3, 0.4) is 0 Å². The van der Waals surface area contributed by atoms with E-state index in [2.05, 4.69) is 47.4 Å². The van der Waals surface area contributed by atoms with Crippen LogP contribution in [0.2, 0.25) is 0 Å². The first-order valence-corrected chi connectivity index (χ1v) is 7.04. The number of aromatic nitrogens is 3. The normalized spacial score (nSPS) is 10.9. The fourth-order valence-electron chi connectivity index (χ4n) is 1.98. The van der Waals surface area contributed by atoms with E-state index in [1.54, 1.807) is 17.5 Å². The van der Waals surface area contributed by atoms with E-state index in [9.17, 15) is 0 Å². The minimum Gasteiger partial charge on any atom is -0.332 e. The highest BCUT2D eigenvalue weighted by atomic mass is 32.1. The summed E-state index contributed by atoms with van der Waals surface area (Å²) in [7, 11) is 1.99. The van der Waals surface area contributed by atoms with Crippen molar-refractivity contribution in [2.75, 3.05) is 0 Å². The zero-order valence-corrected chi connectivity index (χ0v) is 12.0. The van der Waals surface area contributed by atoms with Crippen LogP contribution in [0.1, 0.15) is 11.1 Å². The molecule has 0 atom stereocenters. The number of imidazole rings is 1. The molecule has 2 heterocycles. The van der Waals surface area contributed by atoms with E-state index in [1.807, 2.05) is 17.8 Å². The largest absolute Gasteiger partial charge is 0.332 e. The average Bonchev–Trinajstić information content (AvgIpc) is 3.01. The number of thiazole rings is 1. The number of hydrogen-bond acceptors (Lipinski definition) is 3. The maximum absolute atomic E-state index is 4.69. The Bertz CT molecular complexity index is 725. The number of hydrogen-bond donors (Lipinski definition) is 0. The van der Waals surface area contributed by atoms with E-state index in [1.165, 1.54) is 16.7 Å². The quantitative estimate of drug-likeness (QED) is 0.708. The molecule has 0 unspecified atom stereocenters. The van der Waals surface area contributed by atoms with Gasteiger partial charge in [-0.05, 0) is 31.0 Å². The lowest BCUT2D eigenvalue weighted by molar-refractivity contribution is 0.923. The maximum Gasteiger partial charge on any atom is 0.168 e. The second-order valence-corrected chi connectivity index (χ2v) is 5.56. The molecule has 0 radical (unpaired) electrons. The van der Waals surface area contributed by atoms with Crippen molar-refractivity contribution >= 4 is 11.3 Å². The van der Waals surface area contributed by atoms with Crippen LogP contribution in [-0.4, -0.2) is 14.5 Å². The Morgan fingerprint density at radius 1 is 1.16 bits per heavy atom. The first-order chi connectivity index (χ1) is 9.15.